The molecule has 1 N–H and O–H groups in total. The van der Waals surface area contributed by atoms with Crippen LogP contribution in [0.25, 0.3) is 11.3 Å². The van der Waals surface area contributed by atoms with E-state index in [9.17, 15) is 0 Å². The number of aromatic nitrogens is 1. The number of hydrogen-bond acceptors (Lipinski definition) is 4. The molecule has 0 saturated carbocycles. The average molecular weight is 304 g/mol. The Balaban J connectivity index is 2.31. The third-order valence-electron chi connectivity index (χ3n) is 3.47. The van der Waals surface area contributed by atoms with Crippen molar-refractivity contribution in [2.45, 2.75) is 32.8 Å². The Kier molecular flexibility index (Phi) is 6.36. The minimum Gasteiger partial charge on any atom is -0.374 e. The van der Waals surface area contributed by atoms with Crippen molar-refractivity contribution in [1.29, 1.82) is 0 Å². The van der Waals surface area contributed by atoms with E-state index in [1.165, 1.54) is 10.4 Å². The van der Waals surface area contributed by atoms with E-state index in [2.05, 4.69) is 43.4 Å². The number of methoxy groups -OCH3 is 1. The van der Waals surface area contributed by atoms with E-state index in [-0.39, 0.29) is 6.10 Å². The predicted octanol–water partition coefficient (Wildman–Crippen LogP) is 4.06. The molecular weight excluding hydrogens is 280 g/mol. The first-order valence-electron chi connectivity index (χ1n) is 7.58. The largest absolute Gasteiger partial charge is 0.374 e. The summed E-state index contributed by atoms with van der Waals surface area (Å²) in [5.74, 6) is 0. The van der Waals surface area contributed by atoms with Crippen molar-refractivity contribution in [3.8, 4) is 11.3 Å². The summed E-state index contributed by atoms with van der Waals surface area (Å²) in [6.07, 6.45) is 2.06. The molecule has 0 saturated heterocycles. The first-order chi connectivity index (χ1) is 10.3. The molecule has 1 atom stereocenters. The van der Waals surface area contributed by atoms with E-state index in [0.717, 1.165) is 36.6 Å². The zero-order chi connectivity index (χ0) is 15.1. The molecule has 4 heteroatoms. The van der Waals surface area contributed by atoms with Crippen LogP contribution >= 0.6 is 11.3 Å². The average Bonchev–Trinajstić information content (AvgIpc) is 2.94. The van der Waals surface area contributed by atoms with Crippen LogP contribution in [0.3, 0.4) is 0 Å². The number of benzene rings is 1. The van der Waals surface area contributed by atoms with E-state index in [0.29, 0.717) is 0 Å². The van der Waals surface area contributed by atoms with Gasteiger partial charge < -0.3 is 10.1 Å². The van der Waals surface area contributed by atoms with Crippen LogP contribution in [0.15, 0.2) is 30.3 Å². The normalized spacial score (nSPS) is 12.5. The van der Waals surface area contributed by atoms with Gasteiger partial charge in [0, 0.05) is 24.1 Å². The number of thiazole rings is 1. The molecule has 0 aliphatic heterocycles. The van der Waals surface area contributed by atoms with Crippen molar-refractivity contribution in [3.05, 3.63) is 40.2 Å². The highest BCUT2D eigenvalue weighted by Crippen LogP contribution is 2.33. The first kappa shape index (κ1) is 16.1. The van der Waals surface area contributed by atoms with Gasteiger partial charge in [0.2, 0.25) is 0 Å². The van der Waals surface area contributed by atoms with Gasteiger partial charge in [0.25, 0.3) is 0 Å². The van der Waals surface area contributed by atoms with Crippen LogP contribution in [0.5, 0.6) is 0 Å². The molecule has 0 aliphatic carbocycles. The van der Waals surface area contributed by atoms with Crippen molar-refractivity contribution in [3.63, 3.8) is 0 Å². The van der Waals surface area contributed by atoms with Crippen molar-refractivity contribution >= 4 is 11.3 Å². The Labute approximate surface area is 131 Å². The molecule has 2 aromatic rings. The Morgan fingerprint density at radius 1 is 1.24 bits per heavy atom. The molecule has 0 amide bonds. The highest BCUT2D eigenvalue weighted by atomic mass is 32.1. The molecule has 0 bridgehead atoms. The number of nitrogens with one attached hydrogen (secondary N) is 1. The standard InChI is InChI=1S/C17H24N2OS/c1-4-14(20-3)17-19-16(13-9-7-6-8-10-13)15(21-17)11-12-18-5-2/h6-10,14,18H,4-5,11-12H2,1-3H3. The molecule has 0 radical (unpaired) electrons. The summed E-state index contributed by atoms with van der Waals surface area (Å²) in [7, 11) is 1.76. The van der Waals surface area contributed by atoms with Gasteiger partial charge in [-0.2, -0.15) is 0 Å². The van der Waals surface area contributed by atoms with Gasteiger partial charge in [-0.1, -0.05) is 44.2 Å². The van der Waals surface area contributed by atoms with Gasteiger partial charge in [-0.3, -0.25) is 0 Å². The molecule has 114 valence electrons. The summed E-state index contributed by atoms with van der Waals surface area (Å²) in [4.78, 5) is 6.21. The Hall–Kier alpha value is -1.23. The van der Waals surface area contributed by atoms with Gasteiger partial charge in [0.1, 0.15) is 11.1 Å². The molecule has 1 aromatic heterocycles. The lowest BCUT2D eigenvalue weighted by atomic mass is 10.1. The predicted molar refractivity (Wildman–Crippen MR) is 89.8 cm³/mol. The minimum absolute atomic E-state index is 0.102. The number of likely N-dealkylation sites (N-methyl/N-ethyl adjacent to an activating group) is 1. The highest BCUT2D eigenvalue weighted by molar-refractivity contribution is 7.12. The maximum atomic E-state index is 5.55. The molecule has 1 heterocycles. The fourth-order valence-electron chi connectivity index (χ4n) is 2.32. The maximum Gasteiger partial charge on any atom is 0.122 e. The van der Waals surface area contributed by atoms with Gasteiger partial charge in [-0.15, -0.1) is 11.3 Å². The molecule has 0 spiro atoms. The number of rotatable bonds is 8. The molecule has 21 heavy (non-hydrogen) atoms. The molecule has 1 aromatic carbocycles. The Morgan fingerprint density at radius 2 is 2.00 bits per heavy atom. The third kappa shape index (κ3) is 4.13. The molecule has 3 nitrogen and oxygen atoms in total. The SMILES string of the molecule is CCNCCc1sc(C(CC)OC)nc1-c1ccccc1. The summed E-state index contributed by atoms with van der Waals surface area (Å²) in [5.41, 5.74) is 2.31. The van der Waals surface area contributed by atoms with E-state index < -0.39 is 0 Å². The minimum atomic E-state index is 0.102. The van der Waals surface area contributed by atoms with Gasteiger partial charge in [-0.05, 0) is 19.4 Å². The molecular formula is C17H24N2OS. The lowest BCUT2D eigenvalue weighted by Gasteiger charge is -2.08. The fourth-order valence-corrected chi connectivity index (χ4v) is 3.57. The fraction of sp³-hybridized carbons (Fsp3) is 0.471. The van der Waals surface area contributed by atoms with Crippen molar-refractivity contribution < 1.29 is 4.74 Å². The first-order valence-corrected chi connectivity index (χ1v) is 8.40. The topological polar surface area (TPSA) is 34.1 Å². The van der Waals surface area contributed by atoms with Gasteiger partial charge in [0.05, 0.1) is 5.69 Å². The maximum absolute atomic E-state index is 5.55. The second kappa shape index (κ2) is 8.27. The number of hydrogen-bond donors (Lipinski definition) is 1. The zero-order valence-electron chi connectivity index (χ0n) is 13.1. The van der Waals surface area contributed by atoms with Gasteiger partial charge in [-0.25, -0.2) is 4.98 Å². The summed E-state index contributed by atoms with van der Waals surface area (Å²) < 4.78 is 5.55. The summed E-state index contributed by atoms with van der Waals surface area (Å²) >= 11 is 1.79. The van der Waals surface area contributed by atoms with Crippen LogP contribution in [-0.2, 0) is 11.2 Å². The lowest BCUT2D eigenvalue weighted by molar-refractivity contribution is 0.0998. The zero-order valence-corrected chi connectivity index (χ0v) is 13.9. The number of nitrogens with zero attached hydrogens (tertiary/aromatic N) is 1. The molecule has 0 fully saturated rings. The van der Waals surface area contributed by atoms with Crippen molar-refractivity contribution in [2.24, 2.45) is 0 Å². The second-order valence-electron chi connectivity index (χ2n) is 4.93. The van der Waals surface area contributed by atoms with Crippen LogP contribution in [-0.4, -0.2) is 25.2 Å². The van der Waals surface area contributed by atoms with Crippen molar-refractivity contribution in [2.75, 3.05) is 20.2 Å². The van der Waals surface area contributed by atoms with Crippen LogP contribution in [0, 0.1) is 0 Å². The van der Waals surface area contributed by atoms with E-state index in [4.69, 9.17) is 9.72 Å². The van der Waals surface area contributed by atoms with Crippen molar-refractivity contribution in [1.82, 2.24) is 10.3 Å². The van der Waals surface area contributed by atoms with Crippen LogP contribution in [0.4, 0.5) is 0 Å². The number of ether oxygens (including phenoxy) is 1. The Morgan fingerprint density at radius 3 is 2.62 bits per heavy atom. The summed E-state index contributed by atoms with van der Waals surface area (Å²) in [6, 6.07) is 10.4. The van der Waals surface area contributed by atoms with Crippen LogP contribution in [0.2, 0.25) is 0 Å². The highest BCUT2D eigenvalue weighted by Gasteiger charge is 2.18. The van der Waals surface area contributed by atoms with Crippen LogP contribution in [0.1, 0.15) is 36.3 Å². The molecule has 1 unspecified atom stereocenters. The summed E-state index contributed by atoms with van der Waals surface area (Å²) in [5, 5.41) is 4.48. The second-order valence-corrected chi connectivity index (χ2v) is 6.04. The van der Waals surface area contributed by atoms with E-state index >= 15 is 0 Å². The van der Waals surface area contributed by atoms with E-state index in [1.807, 2.05) is 6.07 Å². The Bertz CT molecular complexity index is 535. The van der Waals surface area contributed by atoms with E-state index in [1.54, 1.807) is 18.4 Å². The third-order valence-corrected chi connectivity index (χ3v) is 4.68. The van der Waals surface area contributed by atoms with Gasteiger partial charge in [0.15, 0.2) is 0 Å². The summed E-state index contributed by atoms with van der Waals surface area (Å²) in [6.45, 7) is 6.26. The molecule has 0 aliphatic rings. The quantitative estimate of drug-likeness (QED) is 0.747. The monoisotopic (exact) mass is 304 g/mol. The lowest BCUT2D eigenvalue weighted by Crippen LogP contribution is -2.15. The van der Waals surface area contributed by atoms with Crippen LogP contribution < -0.4 is 5.32 Å². The smallest absolute Gasteiger partial charge is 0.122 e. The van der Waals surface area contributed by atoms with Gasteiger partial charge >= 0.3 is 0 Å². The molecule has 2 rings (SSSR count).